The minimum Gasteiger partial charge on any atom is -0.376 e. The summed E-state index contributed by atoms with van der Waals surface area (Å²) < 4.78 is 0. The summed E-state index contributed by atoms with van der Waals surface area (Å²) in [6.07, 6.45) is 0. The van der Waals surface area contributed by atoms with Crippen LogP contribution in [0.25, 0.3) is 45.6 Å². The highest BCUT2D eigenvalue weighted by atomic mass is 16.3. The molecule has 6 aromatic carbocycles. The number of hydrogen-bond donors (Lipinski definition) is 2. The molecule has 9 heteroatoms. The molecule has 8 aromatic rings. The molecule has 8 rings (SSSR count). The van der Waals surface area contributed by atoms with E-state index in [0.29, 0.717) is 40.6 Å². The van der Waals surface area contributed by atoms with Crippen molar-refractivity contribution in [3.8, 4) is 45.6 Å². The predicted molar refractivity (Wildman–Crippen MR) is 212 cm³/mol. The molecule has 2 N–H and O–H groups in total. The molecule has 0 radical (unpaired) electrons. The summed E-state index contributed by atoms with van der Waals surface area (Å²) in [6.45, 7) is 1.69. The van der Waals surface area contributed by atoms with Gasteiger partial charge in [0.1, 0.15) is 6.73 Å². The molecule has 0 amide bonds. The molecular formula is C44H36N8O. The van der Waals surface area contributed by atoms with Gasteiger partial charge in [-0.05, 0) is 19.1 Å². The highest BCUT2D eigenvalue weighted by molar-refractivity contribution is 5.78. The Labute approximate surface area is 308 Å². The summed E-state index contributed by atoms with van der Waals surface area (Å²) in [5.74, 6) is 2.69. The van der Waals surface area contributed by atoms with Crippen molar-refractivity contribution in [3.63, 3.8) is 0 Å². The van der Waals surface area contributed by atoms with Gasteiger partial charge in [0.2, 0.25) is 11.9 Å². The van der Waals surface area contributed by atoms with Gasteiger partial charge < -0.3 is 10.4 Å². The van der Waals surface area contributed by atoms with Gasteiger partial charge in [0.05, 0.1) is 11.4 Å². The molecule has 53 heavy (non-hydrogen) atoms. The number of aromatic nitrogens is 6. The van der Waals surface area contributed by atoms with Crippen molar-refractivity contribution in [2.45, 2.75) is 6.92 Å². The SMILES string of the molecule is Cc1ccccc1.OCN(c1nc(-c2ccccc2)nc(-c2ccccc2)n1)c1ccccc1Nc1nc(-c2ccccc2)nc(-c2ccccc2)n1. The van der Waals surface area contributed by atoms with E-state index in [1.165, 1.54) is 5.56 Å². The number of nitrogens with zero attached hydrogens (tertiary/aromatic N) is 7. The van der Waals surface area contributed by atoms with E-state index in [0.717, 1.165) is 22.3 Å². The molecule has 0 bridgehead atoms. The third kappa shape index (κ3) is 8.62. The van der Waals surface area contributed by atoms with Crippen molar-refractivity contribution in [2.24, 2.45) is 0 Å². The third-order valence-corrected chi connectivity index (χ3v) is 8.15. The van der Waals surface area contributed by atoms with Crippen LogP contribution in [0, 0.1) is 6.92 Å². The van der Waals surface area contributed by atoms with Gasteiger partial charge >= 0.3 is 0 Å². The number of benzene rings is 6. The standard InChI is InChI=1S/C37H28N8O.C7H8/c46-25-45(37-43-34(28-19-9-3-10-20-28)40-35(44-37)29-21-11-4-12-22-29)31-24-14-13-23-30(31)38-36-41-32(26-15-5-1-6-16-26)39-33(42-36)27-17-7-2-8-18-27;1-7-5-3-2-4-6-7/h1-24,46H,25H2,(H,38,39,41,42);2-6H,1H3. The summed E-state index contributed by atoms with van der Waals surface area (Å²) >= 11 is 0. The highest BCUT2D eigenvalue weighted by Crippen LogP contribution is 2.34. The van der Waals surface area contributed by atoms with Crippen LogP contribution in [0.1, 0.15) is 5.56 Å². The first kappa shape index (κ1) is 34.4. The van der Waals surface area contributed by atoms with Crippen LogP contribution in [0.5, 0.6) is 0 Å². The lowest BCUT2D eigenvalue weighted by molar-refractivity contribution is 0.303. The molecule has 2 heterocycles. The minimum absolute atomic E-state index is 0.287. The molecule has 0 spiro atoms. The van der Waals surface area contributed by atoms with Crippen molar-refractivity contribution in [2.75, 3.05) is 16.9 Å². The van der Waals surface area contributed by atoms with Gasteiger partial charge in [0.15, 0.2) is 23.3 Å². The first-order valence-corrected chi connectivity index (χ1v) is 17.1. The zero-order valence-electron chi connectivity index (χ0n) is 29.0. The topological polar surface area (TPSA) is 113 Å². The Kier molecular flexibility index (Phi) is 10.8. The van der Waals surface area contributed by atoms with Crippen LogP contribution < -0.4 is 10.2 Å². The molecular weight excluding hydrogens is 657 g/mol. The number of aliphatic hydroxyl groups excluding tert-OH is 1. The highest BCUT2D eigenvalue weighted by Gasteiger charge is 2.20. The zero-order valence-corrected chi connectivity index (χ0v) is 29.0. The molecule has 2 aromatic heterocycles. The van der Waals surface area contributed by atoms with Crippen LogP contribution >= 0.6 is 0 Å². The van der Waals surface area contributed by atoms with Crippen LogP contribution in [0.4, 0.5) is 23.3 Å². The first-order valence-electron chi connectivity index (χ1n) is 17.1. The molecule has 0 saturated heterocycles. The first-order chi connectivity index (χ1) is 26.1. The zero-order chi connectivity index (χ0) is 36.2. The lowest BCUT2D eigenvalue weighted by Gasteiger charge is -2.24. The van der Waals surface area contributed by atoms with Gasteiger partial charge in [-0.1, -0.05) is 169 Å². The third-order valence-electron chi connectivity index (χ3n) is 8.15. The fourth-order valence-electron chi connectivity index (χ4n) is 5.50. The average molecular weight is 693 g/mol. The van der Waals surface area contributed by atoms with Gasteiger partial charge in [-0.2, -0.15) is 19.9 Å². The Bertz CT molecular complexity index is 2250. The van der Waals surface area contributed by atoms with Crippen LogP contribution in [-0.2, 0) is 0 Å². The number of aliphatic hydroxyl groups is 1. The second-order valence-electron chi connectivity index (χ2n) is 11.9. The summed E-state index contributed by atoms with van der Waals surface area (Å²) in [5.41, 5.74) is 5.98. The number of nitrogens with one attached hydrogen (secondary N) is 1. The van der Waals surface area contributed by atoms with Crippen LogP contribution in [0.15, 0.2) is 176 Å². The predicted octanol–water partition coefficient (Wildman–Crippen LogP) is 9.55. The van der Waals surface area contributed by atoms with E-state index in [1.807, 2.05) is 164 Å². The molecule has 0 fully saturated rings. The largest absolute Gasteiger partial charge is 0.376 e. The van der Waals surface area contributed by atoms with E-state index < -0.39 is 6.73 Å². The van der Waals surface area contributed by atoms with E-state index in [9.17, 15) is 5.11 Å². The Morgan fingerprint density at radius 3 is 1.17 bits per heavy atom. The van der Waals surface area contributed by atoms with Gasteiger partial charge in [0, 0.05) is 22.3 Å². The lowest BCUT2D eigenvalue weighted by atomic mass is 10.2. The maximum Gasteiger partial charge on any atom is 0.236 e. The maximum atomic E-state index is 10.8. The van der Waals surface area contributed by atoms with E-state index in [-0.39, 0.29) is 5.95 Å². The lowest BCUT2D eigenvalue weighted by Crippen LogP contribution is -2.22. The molecule has 0 atom stereocenters. The molecule has 9 nitrogen and oxygen atoms in total. The van der Waals surface area contributed by atoms with Crippen LogP contribution in [0.2, 0.25) is 0 Å². The Morgan fingerprint density at radius 1 is 0.434 bits per heavy atom. The quantitative estimate of drug-likeness (QED) is 0.143. The van der Waals surface area contributed by atoms with Gasteiger partial charge in [-0.25, -0.2) is 9.97 Å². The molecule has 258 valence electrons. The summed E-state index contributed by atoms with van der Waals surface area (Å²) in [5, 5.41) is 14.2. The van der Waals surface area contributed by atoms with Crippen LogP contribution in [-0.4, -0.2) is 41.7 Å². The number of para-hydroxylation sites is 2. The summed E-state index contributed by atoms with van der Waals surface area (Å²) in [4.78, 5) is 30.3. The van der Waals surface area contributed by atoms with E-state index >= 15 is 0 Å². The normalized spacial score (nSPS) is 10.5. The van der Waals surface area contributed by atoms with E-state index in [1.54, 1.807) is 4.90 Å². The molecule has 0 aliphatic carbocycles. The van der Waals surface area contributed by atoms with Crippen molar-refractivity contribution < 1.29 is 5.11 Å². The molecule has 0 aliphatic rings. The van der Waals surface area contributed by atoms with Crippen molar-refractivity contribution in [1.29, 1.82) is 0 Å². The monoisotopic (exact) mass is 692 g/mol. The fourth-order valence-corrected chi connectivity index (χ4v) is 5.50. The van der Waals surface area contributed by atoms with Gasteiger partial charge in [-0.15, -0.1) is 0 Å². The number of rotatable bonds is 9. The minimum atomic E-state index is -0.396. The van der Waals surface area contributed by atoms with Crippen molar-refractivity contribution in [1.82, 2.24) is 29.9 Å². The second kappa shape index (κ2) is 16.7. The number of aryl methyl sites for hydroxylation is 1. The number of anilines is 4. The van der Waals surface area contributed by atoms with E-state index in [4.69, 9.17) is 29.9 Å². The average Bonchev–Trinajstić information content (AvgIpc) is 3.23. The Morgan fingerprint density at radius 2 is 0.792 bits per heavy atom. The fraction of sp³-hybridized carbons (Fsp3) is 0.0455. The smallest absolute Gasteiger partial charge is 0.236 e. The van der Waals surface area contributed by atoms with E-state index in [2.05, 4.69) is 24.4 Å². The second-order valence-corrected chi connectivity index (χ2v) is 11.9. The Balaban J connectivity index is 0.000000559. The van der Waals surface area contributed by atoms with Crippen molar-refractivity contribution >= 4 is 23.3 Å². The van der Waals surface area contributed by atoms with Gasteiger partial charge in [-0.3, -0.25) is 4.90 Å². The maximum absolute atomic E-state index is 10.8. The van der Waals surface area contributed by atoms with Crippen molar-refractivity contribution in [3.05, 3.63) is 181 Å². The summed E-state index contributed by atoms with van der Waals surface area (Å²) in [7, 11) is 0. The van der Waals surface area contributed by atoms with Crippen LogP contribution in [0.3, 0.4) is 0 Å². The molecule has 0 saturated carbocycles. The van der Waals surface area contributed by atoms with Gasteiger partial charge in [0.25, 0.3) is 0 Å². The number of hydrogen-bond acceptors (Lipinski definition) is 9. The molecule has 0 unspecified atom stereocenters. The molecule has 0 aliphatic heterocycles. The summed E-state index contributed by atoms with van der Waals surface area (Å²) in [6, 6.07) is 56.8. The Hall–Kier alpha value is -7.10.